The molecule has 2 aromatic rings. The molecule has 0 bridgehead atoms. The van der Waals surface area contributed by atoms with Crippen LogP contribution in [-0.4, -0.2) is 64.3 Å². The van der Waals surface area contributed by atoms with Gasteiger partial charge in [0.25, 0.3) is 0 Å². The molecule has 3 rings (SSSR count). The van der Waals surface area contributed by atoms with E-state index in [-0.39, 0.29) is 5.91 Å². The van der Waals surface area contributed by atoms with Gasteiger partial charge in [-0.2, -0.15) is 0 Å². The lowest BCUT2D eigenvalue weighted by Crippen LogP contribution is -2.42. The molecule has 1 N–H and O–H groups in total. The highest BCUT2D eigenvalue weighted by Crippen LogP contribution is 2.09. The van der Waals surface area contributed by atoms with Crippen LogP contribution in [0.25, 0.3) is 5.65 Å². The summed E-state index contributed by atoms with van der Waals surface area (Å²) < 4.78 is 7.36. The molecule has 1 unspecified atom stereocenters. The van der Waals surface area contributed by atoms with E-state index in [4.69, 9.17) is 4.74 Å². The summed E-state index contributed by atoms with van der Waals surface area (Å²) in [5.41, 5.74) is 0.860. The van der Waals surface area contributed by atoms with Gasteiger partial charge in [0.05, 0.1) is 13.2 Å². The van der Waals surface area contributed by atoms with Crippen molar-refractivity contribution in [1.82, 2.24) is 24.8 Å². The van der Waals surface area contributed by atoms with Crippen molar-refractivity contribution in [3.8, 4) is 0 Å². The van der Waals surface area contributed by atoms with Crippen molar-refractivity contribution < 1.29 is 9.53 Å². The number of ether oxygens (including phenoxy) is 1. The zero-order chi connectivity index (χ0) is 17.5. The Balaban J connectivity index is 1.32. The highest BCUT2D eigenvalue weighted by molar-refractivity contribution is 5.75. The summed E-state index contributed by atoms with van der Waals surface area (Å²) in [6.07, 6.45) is 5.10. The predicted molar refractivity (Wildman–Crippen MR) is 95.4 cm³/mol. The van der Waals surface area contributed by atoms with E-state index >= 15 is 0 Å². The number of nitrogens with zero attached hydrogens (tertiary/aromatic N) is 4. The lowest BCUT2D eigenvalue weighted by molar-refractivity contribution is -0.121. The van der Waals surface area contributed by atoms with Crippen molar-refractivity contribution in [3.63, 3.8) is 0 Å². The molecule has 2 aromatic heterocycles. The topological polar surface area (TPSA) is 71.8 Å². The van der Waals surface area contributed by atoms with Gasteiger partial charge >= 0.3 is 0 Å². The summed E-state index contributed by atoms with van der Waals surface area (Å²) in [5.74, 6) is 1.07. The second kappa shape index (κ2) is 8.92. The Morgan fingerprint density at radius 1 is 1.32 bits per heavy atom. The number of amides is 1. The summed E-state index contributed by atoms with van der Waals surface area (Å²) in [4.78, 5) is 14.4. The molecule has 0 spiro atoms. The molecule has 25 heavy (non-hydrogen) atoms. The average Bonchev–Trinajstić information content (AvgIpc) is 3.07. The lowest BCUT2D eigenvalue weighted by atomic mass is 10.1. The minimum Gasteiger partial charge on any atom is -0.379 e. The van der Waals surface area contributed by atoms with Crippen LogP contribution in [0.15, 0.2) is 24.4 Å². The molecule has 0 aliphatic carbocycles. The third kappa shape index (κ3) is 4.99. The molecule has 1 fully saturated rings. The molecule has 7 heteroatoms. The van der Waals surface area contributed by atoms with Gasteiger partial charge in [-0.05, 0) is 31.9 Å². The second-order valence-corrected chi connectivity index (χ2v) is 6.53. The van der Waals surface area contributed by atoms with Crippen LogP contribution < -0.4 is 5.32 Å². The van der Waals surface area contributed by atoms with E-state index < -0.39 is 0 Å². The third-order valence-corrected chi connectivity index (χ3v) is 4.74. The number of hydrogen-bond donors (Lipinski definition) is 1. The first-order valence-corrected chi connectivity index (χ1v) is 9.11. The summed E-state index contributed by atoms with van der Waals surface area (Å²) in [6.45, 7) is 6.40. The smallest absolute Gasteiger partial charge is 0.220 e. The predicted octanol–water partition coefficient (Wildman–Crippen LogP) is 1.28. The Hall–Kier alpha value is -1.99. The summed E-state index contributed by atoms with van der Waals surface area (Å²) in [7, 11) is 0. The van der Waals surface area contributed by atoms with E-state index in [0.717, 1.165) is 57.0 Å². The molecule has 1 atom stereocenters. The number of fused-ring (bicyclic) bond motifs is 1. The third-order valence-electron chi connectivity index (χ3n) is 4.74. The van der Waals surface area contributed by atoms with Crippen molar-refractivity contribution in [2.24, 2.45) is 0 Å². The average molecular weight is 345 g/mol. The van der Waals surface area contributed by atoms with Crippen LogP contribution in [-0.2, 0) is 16.0 Å². The number of aromatic nitrogens is 3. The number of pyridine rings is 1. The van der Waals surface area contributed by atoms with Crippen molar-refractivity contribution >= 4 is 11.6 Å². The second-order valence-electron chi connectivity index (χ2n) is 6.53. The molecule has 1 aliphatic heterocycles. The van der Waals surface area contributed by atoms with Crippen LogP contribution in [0.4, 0.5) is 0 Å². The highest BCUT2D eigenvalue weighted by Gasteiger charge is 2.17. The quantitative estimate of drug-likeness (QED) is 0.730. The van der Waals surface area contributed by atoms with E-state index in [9.17, 15) is 4.79 Å². The lowest BCUT2D eigenvalue weighted by Gasteiger charge is -2.32. The van der Waals surface area contributed by atoms with E-state index in [1.165, 1.54) is 0 Å². The first-order chi connectivity index (χ1) is 12.2. The molecule has 1 amide bonds. The molecule has 0 aromatic carbocycles. The van der Waals surface area contributed by atoms with Crippen molar-refractivity contribution in [3.05, 3.63) is 30.2 Å². The number of morpholine rings is 1. The Labute approximate surface area is 148 Å². The number of nitrogens with one attached hydrogen (secondary N) is 1. The van der Waals surface area contributed by atoms with Gasteiger partial charge in [-0.25, -0.2) is 0 Å². The van der Waals surface area contributed by atoms with Gasteiger partial charge in [0.15, 0.2) is 5.65 Å². The van der Waals surface area contributed by atoms with E-state index in [0.29, 0.717) is 19.0 Å². The van der Waals surface area contributed by atoms with Crippen LogP contribution in [0.5, 0.6) is 0 Å². The first-order valence-electron chi connectivity index (χ1n) is 9.11. The molecule has 0 radical (unpaired) electrons. The van der Waals surface area contributed by atoms with Gasteiger partial charge in [0.2, 0.25) is 5.91 Å². The standard InChI is InChI=1S/C18H27N5O2/c1-15(22-11-13-25-14-12-22)7-8-18(24)19-9-4-6-17-21-20-16-5-2-3-10-23(16)17/h2-3,5,10,15H,4,6-9,11-14H2,1H3,(H,19,24). The summed E-state index contributed by atoms with van der Waals surface area (Å²) in [6, 6.07) is 6.29. The Morgan fingerprint density at radius 2 is 2.16 bits per heavy atom. The van der Waals surface area contributed by atoms with Crippen molar-refractivity contribution in [2.75, 3.05) is 32.8 Å². The Bertz CT molecular complexity index is 681. The zero-order valence-electron chi connectivity index (χ0n) is 14.9. The van der Waals surface area contributed by atoms with Crippen LogP contribution in [0.3, 0.4) is 0 Å². The number of carbonyl (C=O) groups excluding carboxylic acids is 1. The number of carbonyl (C=O) groups is 1. The van der Waals surface area contributed by atoms with Gasteiger partial charge in [0, 0.05) is 44.7 Å². The molecule has 1 aliphatic rings. The van der Waals surface area contributed by atoms with Crippen molar-refractivity contribution in [2.45, 2.75) is 38.6 Å². The maximum Gasteiger partial charge on any atom is 0.220 e. The van der Waals surface area contributed by atoms with E-state index in [1.807, 2.05) is 28.8 Å². The fraction of sp³-hybridized carbons (Fsp3) is 0.611. The fourth-order valence-electron chi connectivity index (χ4n) is 3.16. The summed E-state index contributed by atoms with van der Waals surface area (Å²) >= 11 is 0. The van der Waals surface area contributed by atoms with Gasteiger partial charge < -0.3 is 10.1 Å². The van der Waals surface area contributed by atoms with Crippen LogP contribution >= 0.6 is 0 Å². The maximum absolute atomic E-state index is 12.0. The van der Waals surface area contributed by atoms with Crippen LogP contribution in [0.2, 0.25) is 0 Å². The molecular weight excluding hydrogens is 318 g/mol. The SMILES string of the molecule is CC(CCC(=O)NCCCc1nnc2ccccn12)N1CCOCC1. The fourth-order valence-corrected chi connectivity index (χ4v) is 3.16. The number of aryl methyl sites for hydroxylation is 1. The number of rotatable bonds is 8. The zero-order valence-corrected chi connectivity index (χ0v) is 14.9. The monoisotopic (exact) mass is 345 g/mol. The maximum atomic E-state index is 12.0. The largest absolute Gasteiger partial charge is 0.379 e. The normalized spacial score (nSPS) is 16.8. The van der Waals surface area contributed by atoms with E-state index in [2.05, 4.69) is 27.3 Å². The minimum absolute atomic E-state index is 0.131. The molecular formula is C18H27N5O2. The number of hydrogen-bond acceptors (Lipinski definition) is 5. The van der Waals surface area contributed by atoms with Crippen LogP contribution in [0.1, 0.15) is 32.0 Å². The van der Waals surface area contributed by atoms with Gasteiger partial charge in [0.1, 0.15) is 5.82 Å². The van der Waals surface area contributed by atoms with Crippen molar-refractivity contribution in [1.29, 1.82) is 0 Å². The van der Waals surface area contributed by atoms with Gasteiger partial charge in [-0.15, -0.1) is 10.2 Å². The Morgan fingerprint density at radius 3 is 3.00 bits per heavy atom. The molecule has 7 nitrogen and oxygen atoms in total. The molecule has 1 saturated heterocycles. The van der Waals surface area contributed by atoms with E-state index in [1.54, 1.807) is 0 Å². The first kappa shape index (κ1) is 17.8. The van der Waals surface area contributed by atoms with Gasteiger partial charge in [-0.1, -0.05) is 6.07 Å². The molecule has 3 heterocycles. The molecule has 0 saturated carbocycles. The van der Waals surface area contributed by atoms with Crippen LogP contribution in [0, 0.1) is 0 Å². The van der Waals surface area contributed by atoms with Gasteiger partial charge in [-0.3, -0.25) is 14.1 Å². The highest BCUT2D eigenvalue weighted by atomic mass is 16.5. The Kier molecular flexibility index (Phi) is 6.36. The minimum atomic E-state index is 0.131. The molecule has 136 valence electrons. The summed E-state index contributed by atoms with van der Waals surface area (Å²) in [5, 5.41) is 11.4.